The summed E-state index contributed by atoms with van der Waals surface area (Å²) in [6, 6.07) is 0. The molecule has 0 unspecified atom stereocenters. The molecule has 0 saturated heterocycles. The van der Waals surface area contributed by atoms with E-state index in [1.807, 2.05) is 31.2 Å². The summed E-state index contributed by atoms with van der Waals surface area (Å²) in [5.74, 6) is 0. The molecular weight excluding hydrogens is 172 g/mol. The molecule has 78 valence electrons. The Morgan fingerprint density at radius 2 is 1.57 bits per heavy atom. The summed E-state index contributed by atoms with van der Waals surface area (Å²) in [5, 5.41) is 0. The van der Waals surface area contributed by atoms with Crippen LogP contribution >= 0.6 is 0 Å². The number of carbonyl (C=O) groups is 1. The Morgan fingerprint density at radius 1 is 0.857 bits per heavy atom. The van der Waals surface area contributed by atoms with Crippen molar-refractivity contribution in [1.29, 1.82) is 0 Å². The van der Waals surface area contributed by atoms with Crippen LogP contribution in [0, 0.1) is 0 Å². The third-order valence-electron chi connectivity index (χ3n) is 1.85. The molecule has 1 nitrogen and oxygen atoms in total. The number of rotatable bonds is 8. The molecule has 0 aliphatic heterocycles. The fourth-order valence-electron chi connectivity index (χ4n) is 1.08. The van der Waals surface area contributed by atoms with Gasteiger partial charge in [0, 0.05) is 6.42 Å². The predicted molar refractivity (Wildman–Crippen MR) is 62.2 cm³/mol. The van der Waals surface area contributed by atoms with Gasteiger partial charge in [0.2, 0.25) is 0 Å². The van der Waals surface area contributed by atoms with Crippen LogP contribution in [0.5, 0.6) is 0 Å². The molecule has 0 heterocycles. The molecule has 0 aromatic heterocycles. The van der Waals surface area contributed by atoms with E-state index in [1.165, 1.54) is 6.42 Å². The molecule has 0 bridgehead atoms. The van der Waals surface area contributed by atoms with Crippen molar-refractivity contribution in [2.75, 3.05) is 0 Å². The largest absolute Gasteiger partial charge is 0.303 e. The number of unbranched alkanes of at least 4 members (excludes halogenated alkanes) is 4. The van der Waals surface area contributed by atoms with Crippen molar-refractivity contribution < 1.29 is 4.79 Å². The van der Waals surface area contributed by atoms with Crippen LogP contribution in [0.2, 0.25) is 0 Å². The van der Waals surface area contributed by atoms with Crippen LogP contribution in [0.3, 0.4) is 0 Å². The smallest absolute Gasteiger partial charge is 0.119 e. The zero-order valence-electron chi connectivity index (χ0n) is 8.99. The van der Waals surface area contributed by atoms with E-state index in [2.05, 4.69) is 12.2 Å². The van der Waals surface area contributed by atoms with Crippen LogP contribution in [0.15, 0.2) is 36.5 Å². The van der Waals surface area contributed by atoms with Crippen LogP contribution in [0.1, 0.15) is 39.0 Å². The molecule has 0 radical (unpaired) electrons. The third-order valence-corrected chi connectivity index (χ3v) is 1.85. The molecule has 0 fully saturated rings. The van der Waals surface area contributed by atoms with Crippen LogP contribution in [0.4, 0.5) is 0 Å². The highest BCUT2D eigenvalue weighted by Crippen LogP contribution is 2.02. The molecule has 0 rings (SSSR count). The minimum Gasteiger partial charge on any atom is -0.303 e. The Labute approximate surface area is 87.2 Å². The molecule has 0 aromatic carbocycles. The molecule has 0 amide bonds. The number of carbonyl (C=O) groups excluding carboxylic acids is 1. The number of aldehydes is 1. The fourth-order valence-corrected chi connectivity index (χ4v) is 1.08. The summed E-state index contributed by atoms with van der Waals surface area (Å²) in [6.45, 7) is 2.00. The first kappa shape index (κ1) is 12.9. The van der Waals surface area contributed by atoms with Crippen LogP contribution in [-0.2, 0) is 4.79 Å². The first-order valence-corrected chi connectivity index (χ1v) is 5.30. The lowest BCUT2D eigenvalue weighted by Gasteiger charge is -1.92. The second-order valence-corrected chi connectivity index (χ2v) is 3.14. The monoisotopic (exact) mass is 192 g/mol. The maximum atomic E-state index is 10.0. The number of hydrogen-bond donors (Lipinski definition) is 0. The van der Waals surface area contributed by atoms with E-state index >= 15 is 0 Å². The maximum Gasteiger partial charge on any atom is 0.119 e. The highest BCUT2D eigenvalue weighted by atomic mass is 16.1. The summed E-state index contributed by atoms with van der Waals surface area (Å²) in [5.41, 5.74) is 0. The second-order valence-electron chi connectivity index (χ2n) is 3.14. The quantitative estimate of drug-likeness (QED) is 0.324. The molecule has 0 N–H and O–H groups in total. The summed E-state index contributed by atoms with van der Waals surface area (Å²) in [4.78, 5) is 10.0. The van der Waals surface area contributed by atoms with E-state index in [-0.39, 0.29) is 0 Å². The van der Waals surface area contributed by atoms with Gasteiger partial charge in [-0.1, -0.05) is 42.9 Å². The minimum absolute atomic E-state index is 0.713. The highest BCUT2D eigenvalue weighted by Gasteiger charge is 1.85. The molecule has 0 aliphatic carbocycles. The zero-order valence-corrected chi connectivity index (χ0v) is 8.99. The van der Waals surface area contributed by atoms with Crippen LogP contribution < -0.4 is 0 Å². The normalized spacial score (nSPS) is 12.1. The second kappa shape index (κ2) is 11.9. The average Bonchev–Trinajstić information content (AvgIpc) is 2.21. The molecule has 0 aromatic rings. The van der Waals surface area contributed by atoms with E-state index in [9.17, 15) is 4.79 Å². The molecular formula is C13H20O. The average molecular weight is 192 g/mol. The maximum absolute atomic E-state index is 10.0. The Bertz CT molecular complexity index is 199. The molecule has 14 heavy (non-hydrogen) atoms. The summed E-state index contributed by atoms with van der Waals surface area (Å²) >= 11 is 0. The van der Waals surface area contributed by atoms with Gasteiger partial charge in [0.15, 0.2) is 0 Å². The van der Waals surface area contributed by atoms with Gasteiger partial charge >= 0.3 is 0 Å². The van der Waals surface area contributed by atoms with Gasteiger partial charge in [0.05, 0.1) is 0 Å². The Kier molecular flexibility index (Phi) is 10.9. The standard InChI is InChI=1S/C13H20O/c1-2-3-4-5-6-7-8-9-10-11-12-13-14/h2-7,13H,8-12H2,1H3. The molecule has 0 spiro atoms. The topological polar surface area (TPSA) is 17.1 Å². The minimum atomic E-state index is 0.713. The van der Waals surface area contributed by atoms with Crippen molar-refractivity contribution in [2.45, 2.75) is 39.0 Å². The van der Waals surface area contributed by atoms with Gasteiger partial charge in [0.1, 0.15) is 6.29 Å². The van der Waals surface area contributed by atoms with Gasteiger partial charge in [0.25, 0.3) is 0 Å². The van der Waals surface area contributed by atoms with E-state index in [4.69, 9.17) is 0 Å². The first-order chi connectivity index (χ1) is 6.91. The molecule has 1 heteroatoms. The van der Waals surface area contributed by atoms with Gasteiger partial charge in [-0.05, 0) is 26.2 Å². The van der Waals surface area contributed by atoms with Gasteiger partial charge in [-0.3, -0.25) is 0 Å². The van der Waals surface area contributed by atoms with Gasteiger partial charge in [-0.25, -0.2) is 0 Å². The summed E-state index contributed by atoms with van der Waals surface area (Å²) in [6.07, 6.45) is 18.5. The van der Waals surface area contributed by atoms with Crippen LogP contribution in [0.25, 0.3) is 0 Å². The number of hydrogen-bond acceptors (Lipinski definition) is 1. The first-order valence-electron chi connectivity index (χ1n) is 5.30. The Hall–Kier alpha value is -1.11. The highest BCUT2D eigenvalue weighted by molar-refractivity contribution is 5.48. The predicted octanol–water partition coefficient (Wildman–Crippen LogP) is 3.82. The third kappa shape index (κ3) is 10.9. The Balaban J connectivity index is 3.22. The zero-order chi connectivity index (χ0) is 10.5. The van der Waals surface area contributed by atoms with Crippen molar-refractivity contribution >= 4 is 6.29 Å². The van der Waals surface area contributed by atoms with Crippen molar-refractivity contribution in [3.05, 3.63) is 36.5 Å². The van der Waals surface area contributed by atoms with E-state index in [0.29, 0.717) is 6.42 Å². The SMILES string of the molecule is CC=CC=CC=CCCCCCC=O. The van der Waals surface area contributed by atoms with Gasteiger partial charge < -0.3 is 4.79 Å². The Morgan fingerprint density at radius 3 is 2.29 bits per heavy atom. The fraction of sp³-hybridized carbons (Fsp3) is 0.462. The van der Waals surface area contributed by atoms with Gasteiger partial charge in [-0.15, -0.1) is 0 Å². The van der Waals surface area contributed by atoms with E-state index < -0.39 is 0 Å². The lowest BCUT2D eigenvalue weighted by molar-refractivity contribution is -0.107. The lowest BCUT2D eigenvalue weighted by Crippen LogP contribution is -1.77. The summed E-state index contributed by atoms with van der Waals surface area (Å²) in [7, 11) is 0. The van der Waals surface area contributed by atoms with Crippen molar-refractivity contribution in [3.8, 4) is 0 Å². The van der Waals surface area contributed by atoms with Crippen molar-refractivity contribution in [3.63, 3.8) is 0 Å². The van der Waals surface area contributed by atoms with Crippen molar-refractivity contribution in [1.82, 2.24) is 0 Å². The van der Waals surface area contributed by atoms with E-state index in [0.717, 1.165) is 25.5 Å². The van der Waals surface area contributed by atoms with Gasteiger partial charge in [-0.2, -0.15) is 0 Å². The molecule has 0 saturated carbocycles. The lowest BCUT2D eigenvalue weighted by atomic mass is 10.1. The van der Waals surface area contributed by atoms with E-state index in [1.54, 1.807) is 0 Å². The van der Waals surface area contributed by atoms with Crippen molar-refractivity contribution in [2.24, 2.45) is 0 Å². The van der Waals surface area contributed by atoms with Crippen LogP contribution in [-0.4, -0.2) is 6.29 Å². The number of allylic oxidation sites excluding steroid dienone is 6. The summed E-state index contributed by atoms with van der Waals surface area (Å²) < 4.78 is 0. The molecule has 0 atom stereocenters. The molecule has 0 aliphatic rings.